The first-order valence-corrected chi connectivity index (χ1v) is 8.62. The summed E-state index contributed by atoms with van der Waals surface area (Å²) in [6.45, 7) is 3.36. The fourth-order valence-electron chi connectivity index (χ4n) is 2.32. The average Bonchev–Trinajstić information content (AvgIpc) is 2.60. The van der Waals surface area contributed by atoms with Crippen LogP contribution in [0, 0.1) is 0 Å². The van der Waals surface area contributed by atoms with Crippen LogP contribution < -0.4 is 15.8 Å². The molecule has 0 fully saturated rings. The second kappa shape index (κ2) is 11.6. The van der Waals surface area contributed by atoms with Gasteiger partial charge in [0.1, 0.15) is 6.61 Å². The van der Waals surface area contributed by atoms with Gasteiger partial charge in [0.05, 0.1) is 17.3 Å². The van der Waals surface area contributed by atoms with Gasteiger partial charge in [-0.25, -0.2) is 0 Å². The number of para-hydroxylation sites is 2. The molecular weight excluding hydrogens is 375 g/mol. The van der Waals surface area contributed by atoms with Crippen LogP contribution in [-0.4, -0.2) is 25.7 Å². The Kier molecular flexibility index (Phi) is 9.88. The van der Waals surface area contributed by atoms with E-state index in [9.17, 15) is 4.79 Å². The van der Waals surface area contributed by atoms with Crippen molar-refractivity contribution in [2.75, 3.05) is 30.9 Å². The summed E-state index contributed by atoms with van der Waals surface area (Å²) in [5.74, 6) is 0.330. The zero-order valence-corrected chi connectivity index (χ0v) is 16.2. The van der Waals surface area contributed by atoms with Crippen LogP contribution in [0.3, 0.4) is 0 Å². The molecule has 0 atom stereocenters. The van der Waals surface area contributed by atoms with Gasteiger partial charge in [0.15, 0.2) is 5.75 Å². The third-order valence-corrected chi connectivity index (χ3v) is 3.89. The van der Waals surface area contributed by atoms with Crippen LogP contribution in [0.25, 0.3) is 0 Å². The molecule has 0 bridgehead atoms. The van der Waals surface area contributed by atoms with Crippen LogP contribution in [0.2, 0.25) is 5.02 Å². The maximum absolute atomic E-state index is 12.3. The minimum atomic E-state index is -0.125. The second-order valence-corrected chi connectivity index (χ2v) is 5.82. The van der Waals surface area contributed by atoms with Crippen LogP contribution >= 0.6 is 24.0 Å². The molecule has 142 valence electrons. The van der Waals surface area contributed by atoms with E-state index in [0.717, 1.165) is 5.56 Å². The van der Waals surface area contributed by atoms with Crippen molar-refractivity contribution in [3.63, 3.8) is 0 Å². The molecule has 0 saturated heterocycles. The number of rotatable bonds is 9. The molecule has 1 amide bonds. The number of hydrogen-bond donors (Lipinski definition) is 2. The smallest absolute Gasteiger partial charge is 0.224 e. The molecular formula is C19H24Cl2N2O3. The Balaban J connectivity index is 0.00000338. The first-order chi connectivity index (χ1) is 12.1. The Labute approximate surface area is 165 Å². The largest absolute Gasteiger partial charge is 0.487 e. The summed E-state index contributed by atoms with van der Waals surface area (Å²) in [5, 5.41) is 3.30. The third kappa shape index (κ3) is 6.75. The first-order valence-electron chi connectivity index (χ1n) is 8.24. The van der Waals surface area contributed by atoms with E-state index >= 15 is 0 Å². The molecule has 0 saturated carbocycles. The Morgan fingerprint density at radius 2 is 1.92 bits per heavy atom. The van der Waals surface area contributed by atoms with Crippen molar-refractivity contribution in [2.45, 2.75) is 19.8 Å². The molecule has 2 aromatic carbocycles. The van der Waals surface area contributed by atoms with E-state index in [4.69, 9.17) is 26.8 Å². The van der Waals surface area contributed by atoms with E-state index in [0.29, 0.717) is 54.8 Å². The standard InChI is InChI=1S/C19H23ClN2O3.ClH/c1-2-24-12-13-25-19-15(20)7-5-9-17(19)22-18(23)11-10-14-6-3-4-8-16(14)21;/h3-9H,2,10-13,21H2,1H3,(H,22,23);1H. The fourth-order valence-corrected chi connectivity index (χ4v) is 2.55. The van der Waals surface area contributed by atoms with Gasteiger partial charge in [-0.15, -0.1) is 12.4 Å². The molecule has 7 heteroatoms. The Hall–Kier alpha value is -1.95. The lowest BCUT2D eigenvalue weighted by Gasteiger charge is -2.14. The van der Waals surface area contributed by atoms with Gasteiger partial charge in [-0.2, -0.15) is 0 Å². The maximum Gasteiger partial charge on any atom is 0.224 e. The highest BCUT2D eigenvalue weighted by Gasteiger charge is 2.12. The molecule has 0 radical (unpaired) electrons. The van der Waals surface area contributed by atoms with Crippen LogP contribution in [-0.2, 0) is 16.0 Å². The molecule has 0 aliphatic heterocycles. The molecule has 26 heavy (non-hydrogen) atoms. The highest BCUT2D eigenvalue weighted by Crippen LogP contribution is 2.33. The lowest BCUT2D eigenvalue weighted by atomic mass is 10.1. The van der Waals surface area contributed by atoms with Gasteiger partial charge in [0.25, 0.3) is 0 Å². The summed E-state index contributed by atoms with van der Waals surface area (Å²) in [6, 6.07) is 12.8. The molecule has 0 spiro atoms. The number of anilines is 2. The van der Waals surface area contributed by atoms with Crippen LogP contribution in [0.15, 0.2) is 42.5 Å². The summed E-state index contributed by atoms with van der Waals surface area (Å²) >= 11 is 6.19. The second-order valence-electron chi connectivity index (χ2n) is 5.41. The van der Waals surface area contributed by atoms with Crippen molar-refractivity contribution in [1.29, 1.82) is 0 Å². The summed E-state index contributed by atoms with van der Waals surface area (Å²) in [5.41, 5.74) is 8.10. The van der Waals surface area contributed by atoms with Gasteiger partial charge in [-0.05, 0) is 37.1 Å². The van der Waals surface area contributed by atoms with E-state index in [2.05, 4.69) is 5.32 Å². The van der Waals surface area contributed by atoms with E-state index in [-0.39, 0.29) is 18.3 Å². The predicted molar refractivity (Wildman–Crippen MR) is 108 cm³/mol. The average molecular weight is 399 g/mol. The molecule has 5 nitrogen and oxygen atoms in total. The minimum Gasteiger partial charge on any atom is -0.487 e. The van der Waals surface area contributed by atoms with Gasteiger partial charge >= 0.3 is 0 Å². The number of nitrogen functional groups attached to an aromatic ring is 1. The predicted octanol–water partition coefficient (Wildman–Crippen LogP) is 4.33. The van der Waals surface area contributed by atoms with Gasteiger partial charge in [0, 0.05) is 18.7 Å². The van der Waals surface area contributed by atoms with Crippen molar-refractivity contribution in [1.82, 2.24) is 0 Å². The minimum absolute atomic E-state index is 0. The van der Waals surface area contributed by atoms with Gasteiger partial charge < -0.3 is 20.5 Å². The molecule has 0 aliphatic carbocycles. The number of nitrogens with two attached hydrogens (primary N) is 1. The van der Waals surface area contributed by atoms with Gasteiger partial charge in [-0.3, -0.25) is 4.79 Å². The number of amides is 1. The quantitative estimate of drug-likeness (QED) is 0.486. The third-order valence-electron chi connectivity index (χ3n) is 3.60. The van der Waals surface area contributed by atoms with E-state index in [1.165, 1.54) is 0 Å². The zero-order valence-electron chi connectivity index (χ0n) is 14.7. The van der Waals surface area contributed by atoms with Gasteiger partial charge in [-0.1, -0.05) is 35.9 Å². The van der Waals surface area contributed by atoms with Crippen molar-refractivity contribution in [3.05, 3.63) is 53.1 Å². The van der Waals surface area contributed by atoms with E-state index < -0.39 is 0 Å². The number of carbonyl (C=O) groups excluding carboxylic acids is 1. The summed E-state index contributed by atoms with van der Waals surface area (Å²) in [6.07, 6.45) is 0.888. The van der Waals surface area contributed by atoms with Crippen molar-refractivity contribution in [2.24, 2.45) is 0 Å². The zero-order chi connectivity index (χ0) is 18.1. The molecule has 0 aromatic heterocycles. The van der Waals surface area contributed by atoms with Gasteiger partial charge in [0.2, 0.25) is 5.91 Å². The van der Waals surface area contributed by atoms with E-state index in [1.807, 2.05) is 31.2 Å². The molecule has 0 heterocycles. The highest BCUT2D eigenvalue weighted by atomic mass is 35.5. The number of carbonyl (C=O) groups is 1. The molecule has 0 aliphatic rings. The Bertz CT molecular complexity index is 711. The summed E-state index contributed by atoms with van der Waals surface area (Å²) in [7, 11) is 0. The van der Waals surface area contributed by atoms with E-state index in [1.54, 1.807) is 18.2 Å². The lowest BCUT2D eigenvalue weighted by Crippen LogP contribution is -2.15. The molecule has 0 unspecified atom stereocenters. The summed E-state index contributed by atoms with van der Waals surface area (Å²) in [4.78, 5) is 12.3. The SMILES string of the molecule is CCOCCOc1c(Cl)cccc1NC(=O)CCc1ccccc1N.Cl. The number of nitrogens with one attached hydrogen (secondary N) is 1. The van der Waals surface area contributed by atoms with Crippen LogP contribution in [0.5, 0.6) is 5.75 Å². The molecule has 2 rings (SSSR count). The normalized spacial score (nSPS) is 10.1. The highest BCUT2D eigenvalue weighted by molar-refractivity contribution is 6.32. The maximum atomic E-state index is 12.3. The first kappa shape index (κ1) is 22.1. The van der Waals surface area contributed by atoms with Crippen LogP contribution in [0.4, 0.5) is 11.4 Å². The fraction of sp³-hybridized carbons (Fsp3) is 0.316. The van der Waals surface area contributed by atoms with Crippen LogP contribution in [0.1, 0.15) is 18.9 Å². The number of hydrogen-bond acceptors (Lipinski definition) is 4. The Morgan fingerprint density at radius 3 is 2.65 bits per heavy atom. The number of halogens is 2. The van der Waals surface area contributed by atoms with Crippen molar-refractivity contribution >= 4 is 41.3 Å². The number of aryl methyl sites for hydroxylation is 1. The lowest BCUT2D eigenvalue weighted by molar-refractivity contribution is -0.116. The van der Waals surface area contributed by atoms with Crippen molar-refractivity contribution < 1.29 is 14.3 Å². The number of benzene rings is 2. The number of ether oxygens (including phenoxy) is 2. The molecule has 3 N–H and O–H groups in total. The topological polar surface area (TPSA) is 73.6 Å². The molecule has 2 aromatic rings. The monoisotopic (exact) mass is 398 g/mol. The Morgan fingerprint density at radius 1 is 1.15 bits per heavy atom. The summed E-state index contributed by atoms with van der Waals surface area (Å²) < 4.78 is 10.9. The van der Waals surface area contributed by atoms with Crippen molar-refractivity contribution in [3.8, 4) is 5.75 Å².